The summed E-state index contributed by atoms with van der Waals surface area (Å²) in [5, 5.41) is 9.52. The fourth-order valence-corrected chi connectivity index (χ4v) is 4.79. The van der Waals surface area contributed by atoms with Gasteiger partial charge in [-0.05, 0) is 37.3 Å². The molecule has 0 saturated carbocycles. The standard InChI is InChI=1S/C15H11Cl4NO4S/c1-8(15(21)22)20(14-11(17)3-2-4-12(14)18)25(23,24)9-5-6-10(16)13(19)7-9/h2-8H,1H3,(H,21,22). The van der Waals surface area contributed by atoms with Crippen LogP contribution >= 0.6 is 46.4 Å². The van der Waals surface area contributed by atoms with Crippen LogP contribution in [0.1, 0.15) is 6.92 Å². The van der Waals surface area contributed by atoms with Crippen molar-refractivity contribution < 1.29 is 18.3 Å². The zero-order valence-electron chi connectivity index (χ0n) is 12.6. The second-order valence-corrected chi connectivity index (χ2v) is 8.40. The normalized spacial score (nSPS) is 12.7. The summed E-state index contributed by atoms with van der Waals surface area (Å²) < 4.78 is 26.8. The average Bonchev–Trinajstić information content (AvgIpc) is 2.52. The monoisotopic (exact) mass is 441 g/mol. The molecular formula is C15H11Cl4NO4S. The molecule has 2 aromatic carbocycles. The van der Waals surface area contributed by atoms with E-state index < -0.39 is 22.0 Å². The summed E-state index contributed by atoms with van der Waals surface area (Å²) in [5.74, 6) is -1.38. The SMILES string of the molecule is CC(C(=O)O)N(c1c(Cl)cccc1Cl)S(=O)(=O)c1ccc(Cl)c(Cl)c1. The van der Waals surface area contributed by atoms with Gasteiger partial charge in [-0.3, -0.25) is 0 Å². The lowest BCUT2D eigenvalue weighted by Gasteiger charge is -2.29. The van der Waals surface area contributed by atoms with Crippen LogP contribution < -0.4 is 4.31 Å². The van der Waals surface area contributed by atoms with Crippen LogP contribution in [0.3, 0.4) is 0 Å². The molecule has 0 aliphatic rings. The van der Waals surface area contributed by atoms with E-state index in [0.717, 1.165) is 6.07 Å². The number of rotatable bonds is 5. The number of aliphatic carboxylic acids is 1. The average molecular weight is 443 g/mol. The summed E-state index contributed by atoms with van der Waals surface area (Å²) in [6.07, 6.45) is 0. The van der Waals surface area contributed by atoms with E-state index in [4.69, 9.17) is 46.4 Å². The van der Waals surface area contributed by atoms with Crippen molar-refractivity contribution in [3.8, 4) is 0 Å². The fourth-order valence-electron chi connectivity index (χ4n) is 2.07. The molecule has 0 amide bonds. The van der Waals surface area contributed by atoms with Crippen LogP contribution in [0.4, 0.5) is 5.69 Å². The van der Waals surface area contributed by atoms with Crippen molar-refractivity contribution in [3.63, 3.8) is 0 Å². The molecule has 25 heavy (non-hydrogen) atoms. The number of hydrogen-bond acceptors (Lipinski definition) is 3. The highest BCUT2D eigenvalue weighted by Gasteiger charge is 2.36. The van der Waals surface area contributed by atoms with E-state index >= 15 is 0 Å². The van der Waals surface area contributed by atoms with Crippen molar-refractivity contribution in [3.05, 3.63) is 56.5 Å². The van der Waals surface area contributed by atoms with E-state index in [0.29, 0.717) is 4.31 Å². The minimum atomic E-state index is -4.34. The number of halogens is 4. The highest BCUT2D eigenvalue weighted by molar-refractivity contribution is 7.93. The van der Waals surface area contributed by atoms with Gasteiger partial charge in [-0.2, -0.15) is 0 Å². The topological polar surface area (TPSA) is 74.7 Å². The van der Waals surface area contributed by atoms with Crippen LogP contribution in [0.2, 0.25) is 20.1 Å². The maximum Gasteiger partial charge on any atom is 0.327 e. The molecule has 2 aromatic rings. The van der Waals surface area contributed by atoms with Crippen molar-refractivity contribution in [2.45, 2.75) is 17.9 Å². The Morgan fingerprint density at radius 2 is 1.56 bits per heavy atom. The predicted octanol–water partition coefficient (Wildman–Crippen LogP) is 4.97. The Kier molecular flexibility index (Phi) is 6.12. The summed E-state index contributed by atoms with van der Waals surface area (Å²) in [6.45, 7) is 1.21. The number of carbonyl (C=O) groups is 1. The van der Waals surface area contributed by atoms with Gasteiger partial charge in [0.2, 0.25) is 0 Å². The number of sulfonamides is 1. The molecule has 1 unspecified atom stereocenters. The molecule has 0 saturated heterocycles. The van der Waals surface area contributed by atoms with Crippen LogP contribution in [0.15, 0.2) is 41.3 Å². The second kappa shape index (κ2) is 7.60. The van der Waals surface area contributed by atoms with E-state index in [1.54, 1.807) is 0 Å². The number of para-hydroxylation sites is 1. The van der Waals surface area contributed by atoms with Gasteiger partial charge in [0.05, 0.1) is 30.7 Å². The first-order chi connectivity index (χ1) is 11.6. The van der Waals surface area contributed by atoms with Crippen LogP contribution in [-0.4, -0.2) is 25.5 Å². The van der Waals surface area contributed by atoms with E-state index in [9.17, 15) is 18.3 Å². The number of carboxylic acid groups (broad SMARTS) is 1. The highest BCUT2D eigenvalue weighted by Crippen LogP contribution is 2.39. The van der Waals surface area contributed by atoms with Gasteiger partial charge in [-0.1, -0.05) is 52.5 Å². The minimum absolute atomic E-state index is 0.00997. The number of nitrogens with zero attached hydrogens (tertiary/aromatic N) is 1. The van der Waals surface area contributed by atoms with Crippen LogP contribution in [0.25, 0.3) is 0 Å². The zero-order valence-corrected chi connectivity index (χ0v) is 16.4. The van der Waals surface area contributed by atoms with E-state index in [-0.39, 0.29) is 30.7 Å². The molecule has 0 heterocycles. The molecule has 10 heteroatoms. The summed E-state index contributed by atoms with van der Waals surface area (Å²) in [5.41, 5.74) is -0.133. The minimum Gasteiger partial charge on any atom is -0.480 e. The van der Waals surface area contributed by atoms with Gasteiger partial charge in [0, 0.05) is 0 Å². The van der Waals surface area contributed by atoms with Crippen molar-refractivity contribution in [1.29, 1.82) is 0 Å². The molecule has 1 N–H and O–H groups in total. The van der Waals surface area contributed by atoms with Gasteiger partial charge in [-0.15, -0.1) is 0 Å². The Balaban J connectivity index is 2.75. The maximum absolute atomic E-state index is 13.1. The number of hydrogen-bond donors (Lipinski definition) is 1. The number of anilines is 1. The Morgan fingerprint density at radius 3 is 2.04 bits per heavy atom. The zero-order chi connectivity index (χ0) is 18.9. The predicted molar refractivity (Wildman–Crippen MR) is 99.7 cm³/mol. The van der Waals surface area contributed by atoms with Crippen LogP contribution in [0, 0.1) is 0 Å². The van der Waals surface area contributed by atoms with Gasteiger partial charge >= 0.3 is 5.97 Å². The first-order valence-electron chi connectivity index (χ1n) is 6.73. The largest absolute Gasteiger partial charge is 0.480 e. The Bertz CT molecular complexity index is 913. The maximum atomic E-state index is 13.1. The van der Waals surface area contributed by atoms with E-state index in [1.807, 2.05) is 0 Å². The summed E-state index contributed by atoms with van der Waals surface area (Å²) in [7, 11) is -4.34. The van der Waals surface area contributed by atoms with Crippen molar-refractivity contribution in [1.82, 2.24) is 0 Å². The summed E-state index contributed by atoms with van der Waals surface area (Å²) in [6, 6.07) is 6.51. The van der Waals surface area contributed by atoms with Crippen molar-refractivity contribution in [2.24, 2.45) is 0 Å². The number of benzene rings is 2. The Labute approximate surface area is 164 Å². The summed E-state index contributed by atoms with van der Waals surface area (Å²) in [4.78, 5) is 11.3. The molecule has 0 fully saturated rings. The van der Waals surface area contributed by atoms with Crippen LogP contribution in [0.5, 0.6) is 0 Å². The van der Waals surface area contributed by atoms with Gasteiger partial charge in [-0.25, -0.2) is 17.5 Å². The fraction of sp³-hybridized carbons (Fsp3) is 0.133. The molecular weight excluding hydrogens is 432 g/mol. The first-order valence-corrected chi connectivity index (χ1v) is 9.69. The summed E-state index contributed by atoms with van der Waals surface area (Å²) >= 11 is 23.9. The molecule has 0 spiro atoms. The quantitative estimate of drug-likeness (QED) is 0.709. The van der Waals surface area contributed by atoms with Gasteiger partial charge in [0.1, 0.15) is 6.04 Å². The van der Waals surface area contributed by atoms with Crippen molar-refractivity contribution in [2.75, 3.05) is 4.31 Å². The lowest BCUT2D eigenvalue weighted by Crippen LogP contribution is -2.43. The first kappa shape index (κ1) is 20.1. The third kappa shape index (κ3) is 3.99. The van der Waals surface area contributed by atoms with E-state index in [2.05, 4.69) is 0 Å². The molecule has 0 bridgehead atoms. The molecule has 0 aliphatic heterocycles. The third-order valence-corrected chi connectivity index (χ3v) is 6.53. The second-order valence-electron chi connectivity index (χ2n) is 4.96. The van der Waals surface area contributed by atoms with Gasteiger partial charge < -0.3 is 5.11 Å². The lowest BCUT2D eigenvalue weighted by atomic mass is 10.2. The highest BCUT2D eigenvalue weighted by atomic mass is 35.5. The lowest BCUT2D eigenvalue weighted by molar-refractivity contribution is -0.137. The van der Waals surface area contributed by atoms with E-state index in [1.165, 1.54) is 37.3 Å². The molecule has 2 rings (SSSR count). The Morgan fingerprint density at radius 1 is 1.00 bits per heavy atom. The third-order valence-electron chi connectivity index (χ3n) is 3.31. The molecule has 0 aromatic heterocycles. The molecule has 5 nitrogen and oxygen atoms in total. The van der Waals surface area contributed by atoms with Gasteiger partial charge in [0.25, 0.3) is 10.0 Å². The van der Waals surface area contributed by atoms with Crippen molar-refractivity contribution >= 4 is 68.1 Å². The number of carboxylic acids is 1. The molecule has 1 atom stereocenters. The Hall–Kier alpha value is -1.18. The smallest absolute Gasteiger partial charge is 0.327 e. The van der Waals surface area contributed by atoms with Crippen LogP contribution in [-0.2, 0) is 14.8 Å². The molecule has 134 valence electrons. The molecule has 0 aliphatic carbocycles. The van der Waals surface area contributed by atoms with Gasteiger partial charge in [0.15, 0.2) is 0 Å². The molecule has 0 radical (unpaired) electrons.